The Hall–Kier alpha value is -0.0400. The molecule has 0 amide bonds. The van der Waals surface area contributed by atoms with E-state index in [2.05, 4.69) is 33.0 Å². The van der Waals surface area contributed by atoms with Gasteiger partial charge in [-0.25, -0.2) is 0 Å². The molecular weight excluding hydrogens is 146 g/mol. The van der Waals surface area contributed by atoms with Gasteiger partial charge in [0.25, 0.3) is 0 Å². The Morgan fingerprint density at radius 1 is 1.08 bits per heavy atom. The predicted molar refractivity (Wildman–Crippen MR) is 56.4 cm³/mol. The number of hydrogen-bond donors (Lipinski definition) is 1. The average Bonchev–Trinajstić information content (AvgIpc) is 2.04. The summed E-state index contributed by atoms with van der Waals surface area (Å²) >= 11 is 0. The summed E-state index contributed by atoms with van der Waals surface area (Å²) in [5.41, 5.74) is 0. The van der Waals surface area contributed by atoms with Crippen LogP contribution < -0.4 is 5.32 Å². The van der Waals surface area contributed by atoms with Crippen molar-refractivity contribution in [3.63, 3.8) is 0 Å². The van der Waals surface area contributed by atoms with Crippen molar-refractivity contribution in [2.45, 2.75) is 59.4 Å². The Labute approximate surface area is 77.9 Å². The molecule has 1 N–H and O–H groups in total. The Balaban J connectivity index is 3.18. The van der Waals surface area contributed by atoms with Crippen molar-refractivity contribution >= 4 is 0 Å². The first-order chi connectivity index (χ1) is 5.70. The molecule has 2 atom stereocenters. The van der Waals surface area contributed by atoms with Crippen LogP contribution in [0.1, 0.15) is 53.4 Å². The van der Waals surface area contributed by atoms with Crippen molar-refractivity contribution in [2.75, 3.05) is 6.54 Å². The van der Waals surface area contributed by atoms with Crippen LogP contribution in [0.25, 0.3) is 0 Å². The monoisotopic (exact) mass is 171 g/mol. The molecule has 0 fully saturated rings. The molecule has 0 aliphatic heterocycles. The van der Waals surface area contributed by atoms with Gasteiger partial charge >= 0.3 is 0 Å². The second-order valence-electron chi connectivity index (χ2n) is 3.90. The number of nitrogens with one attached hydrogen (secondary N) is 1. The summed E-state index contributed by atoms with van der Waals surface area (Å²) in [6, 6.07) is 0.707. The van der Waals surface area contributed by atoms with Crippen molar-refractivity contribution in [3.05, 3.63) is 0 Å². The molecular formula is C11H25N. The van der Waals surface area contributed by atoms with E-state index >= 15 is 0 Å². The third-order valence-corrected chi connectivity index (χ3v) is 2.58. The molecule has 2 unspecified atom stereocenters. The molecule has 1 nitrogen and oxygen atoms in total. The van der Waals surface area contributed by atoms with Crippen molar-refractivity contribution < 1.29 is 0 Å². The zero-order valence-corrected chi connectivity index (χ0v) is 9.19. The molecule has 0 spiro atoms. The van der Waals surface area contributed by atoms with Gasteiger partial charge in [0.2, 0.25) is 0 Å². The van der Waals surface area contributed by atoms with E-state index < -0.39 is 0 Å². The first-order valence-electron chi connectivity index (χ1n) is 5.44. The van der Waals surface area contributed by atoms with Crippen LogP contribution in [0.5, 0.6) is 0 Å². The third-order valence-electron chi connectivity index (χ3n) is 2.58. The molecule has 12 heavy (non-hydrogen) atoms. The van der Waals surface area contributed by atoms with Gasteiger partial charge in [-0.3, -0.25) is 0 Å². The molecule has 0 radical (unpaired) electrons. The third kappa shape index (κ3) is 6.66. The van der Waals surface area contributed by atoms with Crippen LogP contribution in [0.2, 0.25) is 0 Å². The van der Waals surface area contributed by atoms with Gasteiger partial charge in [0.15, 0.2) is 0 Å². The van der Waals surface area contributed by atoms with Crippen molar-refractivity contribution in [3.8, 4) is 0 Å². The summed E-state index contributed by atoms with van der Waals surface area (Å²) in [6.45, 7) is 10.2. The van der Waals surface area contributed by atoms with Crippen LogP contribution in [-0.2, 0) is 0 Å². The minimum Gasteiger partial charge on any atom is -0.315 e. The molecule has 0 aliphatic carbocycles. The SMILES string of the molecule is CCNC(C)CCCC(C)CC. The van der Waals surface area contributed by atoms with Crippen LogP contribution in [-0.4, -0.2) is 12.6 Å². The summed E-state index contributed by atoms with van der Waals surface area (Å²) in [6.07, 6.45) is 5.43. The maximum atomic E-state index is 3.44. The molecule has 1 heteroatoms. The predicted octanol–water partition coefficient (Wildman–Crippen LogP) is 3.20. The summed E-state index contributed by atoms with van der Waals surface area (Å²) in [5, 5.41) is 3.44. The topological polar surface area (TPSA) is 12.0 Å². The van der Waals surface area contributed by atoms with Crippen molar-refractivity contribution in [1.82, 2.24) is 5.32 Å². The lowest BCUT2D eigenvalue weighted by molar-refractivity contribution is 0.441. The summed E-state index contributed by atoms with van der Waals surface area (Å²) < 4.78 is 0. The molecule has 0 rings (SSSR count). The fourth-order valence-corrected chi connectivity index (χ4v) is 1.43. The molecule has 0 saturated carbocycles. The Morgan fingerprint density at radius 3 is 2.25 bits per heavy atom. The summed E-state index contributed by atoms with van der Waals surface area (Å²) in [5.74, 6) is 0.916. The maximum Gasteiger partial charge on any atom is 0.00386 e. The zero-order valence-electron chi connectivity index (χ0n) is 9.19. The van der Waals surface area contributed by atoms with E-state index in [1.165, 1.54) is 25.7 Å². The van der Waals surface area contributed by atoms with Gasteiger partial charge in [-0.1, -0.05) is 40.0 Å². The lowest BCUT2D eigenvalue weighted by atomic mass is 10.00. The highest BCUT2D eigenvalue weighted by molar-refractivity contribution is 4.60. The molecule has 0 saturated heterocycles. The van der Waals surface area contributed by atoms with Gasteiger partial charge in [0.05, 0.1) is 0 Å². The van der Waals surface area contributed by atoms with Crippen molar-refractivity contribution in [1.29, 1.82) is 0 Å². The Kier molecular flexibility index (Phi) is 7.58. The van der Waals surface area contributed by atoms with Gasteiger partial charge in [-0.2, -0.15) is 0 Å². The fraction of sp³-hybridized carbons (Fsp3) is 1.00. The van der Waals surface area contributed by atoms with Crippen molar-refractivity contribution in [2.24, 2.45) is 5.92 Å². The van der Waals surface area contributed by atoms with E-state index in [1.54, 1.807) is 0 Å². The van der Waals surface area contributed by atoms with Gasteiger partial charge in [0.1, 0.15) is 0 Å². The first-order valence-corrected chi connectivity index (χ1v) is 5.44. The zero-order chi connectivity index (χ0) is 9.40. The minimum absolute atomic E-state index is 0.707. The van der Waals surface area contributed by atoms with Crippen LogP contribution in [0, 0.1) is 5.92 Å². The van der Waals surface area contributed by atoms with Crippen LogP contribution in [0.15, 0.2) is 0 Å². The highest BCUT2D eigenvalue weighted by Crippen LogP contribution is 2.11. The van der Waals surface area contributed by atoms with Gasteiger partial charge in [0, 0.05) is 6.04 Å². The maximum absolute atomic E-state index is 3.44. The highest BCUT2D eigenvalue weighted by atomic mass is 14.9. The first kappa shape index (κ1) is 12.0. The molecule has 0 aromatic carbocycles. The fourth-order valence-electron chi connectivity index (χ4n) is 1.43. The Bertz CT molecular complexity index is 91.0. The van der Waals surface area contributed by atoms with E-state index in [9.17, 15) is 0 Å². The van der Waals surface area contributed by atoms with Gasteiger partial charge < -0.3 is 5.32 Å². The average molecular weight is 171 g/mol. The largest absolute Gasteiger partial charge is 0.315 e. The molecule has 0 bridgehead atoms. The number of hydrogen-bond acceptors (Lipinski definition) is 1. The lowest BCUT2D eigenvalue weighted by Gasteiger charge is -2.13. The van der Waals surface area contributed by atoms with Gasteiger partial charge in [-0.05, 0) is 25.8 Å². The molecule has 0 aliphatic rings. The number of rotatable bonds is 7. The quantitative estimate of drug-likeness (QED) is 0.620. The van der Waals surface area contributed by atoms with E-state index in [0.29, 0.717) is 6.04 Å². The molecule has 0 heterocycles. The molecule has 0 aromatic heterocycles. The van der Waals surface area contributed by atoms with E-state index in [4.69, 9.17) is 0 Å². The lowest BCUT2D eigenvalue weighted by Crippen LogP contribution is -2.25. The highest BCUT2D eigenvalue weighted by Gasteiger charge is 2.01. The van der Waals surface area contributed by atoms with Crippen LogP contribution in [0.3, 0.4) is 0 Å². The second kappa shape index (κ2) is 7.60. The van der Waals surface area contributed by atoms with E-state index in [-0.39, 0.29) is 0 Å². The summed E-state index contributed by atoms with van der Waals surface area (Å²) in [7, 11) is 0. The molecule has 0 aromatic rings. The summed E-state index contributed by atoms with van der Waals surface area (Å²) in [4.78, 5) is 0. The van der Waals surface area contributed by atoms with Gasteiger partial charge in [-0.15, -0.1) is 0 Å². The van der Waals surface area contributed by atoms with E-state index in [1.807, 2.05) is 0 Å². The Morgan fingerprint density at radius 2 is 1.75 bits per heavy atom. The van der Waals surface area contributed by atoms with E-state index in [0.717, 1.165) is 12.5 Å². The van der Waals surface area contributed by atoms with Crippen LogP contribution in [0.4, 0.5) is 0 Å². The minimum atomic E-state index is 0.707. The smallest absolute Gasteiger partial charge is 0.00386 e. The second-order valence-corrected chi connectivity index (χ2v) is 3.90. The normalized spacial score (nSPS) is 16.0. The van der Waals surface area contributed by atoms with Crippen LogP contribution >= 0.6 is 0 Å². The molecule has 74 valence electrons. The standard InChI is InChI=1S/C11H25N/c1-5-10(3)8-7-9-11(4)12-6-2/h10-12H,5-9H2,1-4H3.